The van der Waals surface area contributed by atoms with Crippen LogP contribution in [0.1, 0.15) is 0 Å². The lowest BCUT2D eigenvalue weighted by Gasteiger charge is -2.06. The lowest BCUT2D eigenvalue weighted by Crippen LogP contribution is -1.90. The molecule has 0 amide bonds. The van der Waals surface area contributed by atoms with Crippen molar-refractivity contribution in [2.24, 2.45) is 0 Å². The third kappa shape index (κ3) is 1.83. The van der Waals surface area contributed by atoms with Gasteiger partial charge in [-0.05, 0) is 23.7 Å². The minimum absolute atomic E-state index is 0.0580. The summed E-state index contributed by atoms with van der Waals surface area (Å²) in [5.74, 6) is 0.523. The summed E-state index contributed by atoms with van der Waals surface area (Å²) in [4.78, 5) is 7.82. The van der Waals surface area contributed by atoms with Gasteiger partial charge in [-0.2, -0.15) is 0 Å². The fourth-order valence-corrected chi connectivity index (χ4v) is 1.97. The number of rotatable bonds is 1. The van der Waals surface area contributed by atoms with Gasteiger partial charge in [0.15, 0.2) is 0 Å². The second-order valence-electron chi connectivity index (χ2n) is 2.76. The number of benzene rings is 1. The number of nitrogens with zero attached hydrogens (tertiary/aromatic N) is 2. The van der Waals surface area contributed by atoms with E-state index in [0.29, 0.717) is 21.7 Å². The molecule has 1 aromatic carbocycles. The molecule has 1 aromatic heterocycles. The smallest absolute Gasteiger partial charge is 0.224 e. The van der Waals surface area contributed by atoms with Gasteiger partial charge in [-0.25, -0.2) is 9.97 Å². The molecule has 2 aromatic rings. The van der Waals surface area contributed by atoms with Crippen LogP contribution in [-0.4, -0.2) is 17.1 Å². The number of halogens is 3. The lowest BCUT2D eigenvalue weighted by atomic mass is 10.2. The van der Waals surface area contributed by atoms with Crippen LogP contribution in [-0.2, 0) is 0 Å². The van der Waals surface area contributed by atoms with Crippen molar-refractivity contribution in [1.82, 2.24) is 9.97 Å². The first-order valence-corrected chi connectivity index (χ1v) is 5.12. The molecule has 0 radical (unpaired) electrons. The van der Waals surface area contributed by atoms with Gasteiger partial charge in [0.25, 0.3) is 0 Å². The van der Waals surface area contributed by atoms with Crippen LogP contribution in [0, 0.1) is 0 Å². The summed E-state index contributed by atoms with van der Waals surface area (Å²) in [5, 5.41) is 1.35. The summed E-state index contributed by atoms with van der Waals surface area (Å²) in [6, 6.07) is 3.44. The standard InChI is InChI=1S/C9H5Cl3N2O/c1-15-5-3-2-4-7(6(5)10)13-9(12)14-8(4)11/h2-3H,1H3. The minimum atomic E-state index is 0.0580. The molecule has 15 heavy (non-hydrogen) atoms. The number of methoxy groups -OCH3 is 1. The SMILES string of the molecule is COc1ccc2c(Cl)nc(Cl)nc2c1Cl. The van der Waals surface area contributed by atoms with Crippen LogP contribution < -0.4 is 4.74 Å². The average Bonchev–Trinajstić information content (AvgIpc) is 2.19. The van der Waals surface area contributed by atoms with Crippen molar-refractivity contribution < 1.29 is 4.74 Å². The quantitative estimate of drug-likeness (QED) is 0.582. The maximum atomic E-state index is 6.05. The summed E-state index contributed by atoms with van der Waals surface area (Å²) < 4.78 is 5.05. The Hall–Kier alpha value is -0.770. The van der Waals surface area contributed by atoms with Crippen molar-refractivity contribution in [3.63, 3.8) is 0 Å². The maximum absolute atomic E-state index is 6.05. The molecule has 0 bridgehead atoms. The third-order valence-corrected chi connectivity index (χ3v) is 2.74. The normalized spacial score (nSPS) is 10.7. The van der Waals surface area contributed by atoms with Crippen molar-refractivity contribution in [1.29, 1.82) is 0 Å². The second kappa shape index (κ2) is 4.00. The Kier molecular flexibility index (Phi) is 2.87. The molecule has 3 nitrogen and oxygen atoms in total. The Morgan fingerprint density at radius 1 is 1.13 bits per heavy atom. The molecule has 0 N–H and O–H groups in total. The largest absolute Gasteiger partial charge is 0.495 e. The fourth-order valence-electron chi connectivity index (χ4n) is 1.24. The number of hydrogen-bond donors (Lipinski definition) is 0. The van der Waals surface area contributed by atoms with E-state index in [-0.39, 0.29) is 10.4 Å². The fraction of sp³-hybridized carbons (Fsp3) is 0.111. The van der Waals surface area contributed by atoms with E-state index in [9.17, 15) is 0 Å². The monoisotopic (exact) mass is 262 g/mol. The minimum Gasteiger partial charge on any atom is -0.495 e. The maximum Gasteiger partial charge on any atom is 0.224 e. The molecule has 78 valence electrons. The van der Waals surface area contributed by atoms with E-state index in [1.54, 1.807) is 12.1 Å². The molecule has 0 fully saturated rings. The topological polar surface area (TPSA) is 35.0 Å². The lowest BCUT2D eigenvalue weighted by molar-refractivity contribution is 0.415. The number of fused-ring (bicyclic) bond motifs is 1. The highest BCUT2D eigenvalue weighted by Gasteiger charge is 2.11. The predicted molar refractivity (Wildman–Crippen MR) is 61.1 cm³/mol. The average molecular weight is 264 g/mol. The Bertz CT molecular complexity index is 530. The van der Waals surface area contributed by atoms with E-state index in [4.69, 9.17) is 39.5 Å². The van der Waals surface area contributed by atoms with Crippen molar-refractivity contribution in [2.45, 2.75) is 0 Å². The van der Waals surface area contributed by atoms with Crippen LogP contribution in [0.2, 0.25) is 15.5 Å². The van der Waals surface area contributed by atoms with Gasteiger partial charge >= 0.3 is 0 Å². The van der Waals surface area contributed by atoms with Gasteiger partial charge in [-0.15, -0.1) is 0 Å². The molecule has 0 unspecified atom stereocenters. The Morgan fingerprint density at radius 3 is 2.53 bits per heavy atom. The molecule has 0 aliphatic carbocycles. The third-order valence-electron chi connectivity index (χ3n) is 1.92. The molecular formula is C9H5Cl3N2O. The number of ether oxygens (including phenoxy) is 1. The van der Waals surface area contributed by atoms with Gasteiger partial charge in [0, 0.05) is 5.39 Å². The Labute approximate surface area is 101 Å². The van der Waals surface area contributed by atoms with Crippen LogP contribution in [0.15, 0.2) is 12.1 Å². The van der Waals surface area contributed by atoms with E-state index in [2.05, 4.69) is 9.97 Å². The molecule has 0 saturated carbocycles. The van der Waals surface area contributed by atoms with Crippen LogP contribution in [0.3, 0.4) is 0 Å². The van der Waals surface area contributed by atoms with E-state index >= 15 is 0 Å². The molecule has 1 heterocycles. The Morgan fingerprint density at radius 2 is 1.87 bits per heavy atom. The van der Waals surface area contributed by atoms with Crippen LogP contribution in [0.5, 0.6) is 5.75 Å². The predicted octanol–water partition coefficient (Wildman–Crippen LogP) is 3.60. The summed E-state index contributed by atoms with van der Waals surface area (Å²) in [6.07, 6.45) is 0. The van der Waals surface area contributed by atoms with Gasteiger partial charge in [0.1, 0.15) is 15.9 Å². The molecule has 0 saturated heterocycles. The van der Waals surface area contributed by atoms with Crippen LogP contribution in [0.4, 0.5) is 0 Å². The van der Waals surface area contributed by atoms with Gasteiger partial charge in [0.05, 0.1) is 12.6 Å². The molecule has 0 spiro atoms. The van der Waals surface area contributed by atoms with E-state index < -0.39 is 0 Å². The zero-order chi connectivity index (χ0) is 11.0. The zero-order valence-corrected chi connectivity index (χ0v) is 9.86. The zero-order valence-electron chi connectivity index (χ0n) is 7.59. The van der Waals surface area contributed by atoms with Crippen molar-refractivity contribution in [2.75, 3.05) is 7.11 Å². The highest BCUT2D eigenvalue weighted by Crippen LogP contribution is 2.34. The molecule has 2 rings (SSSR count). The number of hydrogen-bond acceptors (Lipinski definition) is 3. The first kappa shape index (κ1) is 10.7. The van der Waals surface area contributed by atoms with Crippen molar-refractivity contribution in [3.8, 4) is 5.75 Å². The van der Waals surface area contributed by atoms with E-state index in [1.165, 1.54) is 7.11 Å². The van der Waals surface area contributed by atoms with Crippen LogP contribution in [0.25, 0.3) is 10.9 Å². The van der Waals surface area contributed by atoms with Gasteiger partial charge in [-0.3, -0.25) is 0 Å². The highest BCUT2D eigenvalue weighted by atomic mass is 35.5. The highest BCUT2D eigenvalue weighted by molar-refractivity contribution is 6.40. The molecule has 0 aliphatic heterocycles. The van der Waals surface area contributed by atoms with Gasteiger partial charge in [-0.1, -0.05) is 23.2 Å². The summed E-state index contributed by atoms with van der Waals surface area (Å²) in [5.41, 5.74) is 0.487. The van der Waals surface area contributed by atoms with Gasteiger partial charge in [0.2, 0.25) is 5.28 Å². The summed E-state index contributed by atoms with van der Waals surface area (Å²) in [6.45, 7) is 0. The summed E-state index contributed by atoms with van der Waals surface area (Å²) >= 11 is 17.6. The Balaban J connectivity index is 2.86. The molecule has 0 atom stereocenters. The van der Waals surface area contributed by atoms with Crippen molar-refractivity contribution in [3.05, 3.63) is 27.6 Å². The molecule has 0 aliphatic rings. The molecule has 6 heteroatoms. The second-order valence-corrected chi connectivity index (χ2v) is 3.84. The first-order chi connectivity index (χ1) is 7.13. The van der Waals surface area contributed by atoms with E-state index in [0.717, 1.165) is 0 Å². The summed E-state index contributed by atoms with van der Waals surface area (Å²) in [7, 11) is 1.53. The number of aromatic nitrogens is 2. The van der Waals surface area contributed by atoms with Crippen LogP contribution >= 0.6 is 34.8 Å². The molecular weight excluding hydrogens is 258 g/mol. The van der Waals surface area contributed by atoms with E-state index in [1.807, 2.05) is 0 Å². The first-order valence-electron chi connectivity index (χ1n) is 3.98. The van der Waals surface area contributed by atoms with Crippen molar-refractivity contribution >= 4 is 45.7 Å². The van der Waals surface area contributed by atoms with Gasteiger partial charge < -0.3 is 4.74 Å².